The van der Waals surface area contributed by atoms with E-state index in [1.807, 2.05) is 19.0 Å². The summed E-state index contributed by atoms with van der Waals surface area (Å²) in [6, 6.07) is 0.433. The summed E-state index contributed by atoms with van der Waals surface area (Å²) in [7, 11) is 4.02. The van der Waals surface area contributed by atoms with E-state index in [-0.39, 0.29) is 0 Å². The van der Waals surface area contributed by atoms with Crippen molar-refractivity contribution in [2.24, 2.45) is 5.92 Å². The molecule has 1 saturated heterocycles. The molecule has 0 unspecified atom stereocenters. The number of carbonyl (C=O) groups is 1. The van der Waals surface area contributed by atoms with Crippen LogP contribution in [0.5, 0.6) is 0 Å². The third-order valence-electron chi connectivity index (χ3n) is 4.04. The van der Waals surface area contributed by atoms with Gasteiger partial charge in [0, 0.05) is 19.1 Å². The molecular weight excluding hydrogens is 226 g/mol. The van der Waals surface area contributed by atoms with E-state index >= 15 is 0 Å². The molecule has 18 heavy (non-hydrogen) atoms. The Balaban J connectivity index is 2.27. The lowest BCUT2D eigenvalue weighted by molar-refractivity contribution is -0.133. The maximum Gasteiger partial charge on any atom is 0.236 e. The van der Waals surface area contributed by atoms with Gasteiger partial charge in [0.05, 0.1) is 6.54 Å². The topological polar surface area (TPSA) is 35.6 Å². The molecule has 0 aromatic heterocycles. The first-order chi connectivity index (χ1) is 8.54. The Morgan fingerprint density at radius 3 is 2.50 bits per heavy atom. The summed E-state index contributed by atoms with van der Waals surface area (Å²) < 4.78 is 0. The molecule has 0 atom stereocenters. The molecule has 1 fully saturated rings. The van der Waals surface area contributed by atoms with Crippen LogP contribution in [0, 0.1) is 5.92 Å². The maximum atomic E-state index is 12.1. The molecule has 0 aromatic carbocycles. The van der Waals surface area contributed by atoms with Crippen molar-refractivity contribution in [1.82, 2.24) is 15.1 Å². The van der Waals surface area contributed by atoms with Gasteiger partial charge < -0.3 is 10.2 Å². The van der Waals surface area contributed by atoms with Crippen molar-refractivity contribution in [2.75, 3.05) is 40.3 Å². The molecule has 106 valence electrons. The molecule has 1 aliphatic rings. The van der Waals surface area contributed by atoms with Crippen molar-refractivity contribution in [3.63, 3.8) is 0 Å². The first-order valence-corrected chi connectivity index (χ1v) is 7.17. The highest BCUT2D eigenvalue weighted by Crippen LogP contribution is 2.20. The van der Waals surface area contributed by atoms with Crippen LogP contribution in [0.4, 0.5) is 0 Å². The van der Waals surface area contributed by atoms with Crippen molar-refractivity contribution >= 4 is 5.91 Å². The second kappa shape index (κ2) is 7.74. The Bertz CT molecular complexity index is 247. The molecule has 4 heteroatoms. The largest absolute Gasteiger partial charge is 0.342 e. The summed E-state index contributed by atoms with van der Waals surface area (Å²) in [4.78, 5) is 16.2. The van der Waals surface area contributed by atoms with Gasteiger partial charge in [-0.3, -0.25) is 9.69 Å². The average Bonchev–Trinajstić information content (AvgIpc) is 2.36. The van der Waals surface area contributed by atoms with Gasteiger partial charge in [-0.1, -0.05) is 0 Å². The number of carbonyl (C=O) groups excluding carboxylic acids is 1. The van der Waals surface area contributed by atoms with Crippen LogP contribution in [0.3, 0.4) is 0 Å². The van der Waals surface area contributed by atoms with Crippen LogP contribution < -0.4 is 5.32 Å². The van der Waals surface area contributed by atoms with E-state index < -0.39 is 0 Å². The zero-order valence-electron chi connectivity index (χ0n) is 12.4. The lowest BCUT2D eigenvalue weighted by Crippen LogP contribution is -2.44. The average molecular weight is 255 g/mol. The lowest BCUT2D eigenvalue weighted by atomic mass is 9.93. The van der Waals surface area contributed by atoms with Crippen LogP contribution >= 0.6 is 0 Å². The number of piperidine rings is 1. The molecule has 1 rings (SSSR count). The standard InChI is InChI=1S/C14H29N3O/c1-12(2)16(4)11-14(18)17-9-6-13(7-10-17)5-8-15-3/h12-13,15H,5-11H2,1-4H3. The monoisotopic (exact) mass is 255 g/mol. The second-order valence-corrected chi connectivity index (χ2v) is 5.73. The summed E-state index contributed by atoms with van der Waals surface area (Å²) in [5.74, 6) is 1.09. The van der Waals surface area contributed by atoms with Crippen molar-refractivity contribution in [3.8, 4) is 0 Å². The molecule has 0 radical (unpaired) electrons. The number of nitrogens with zero attached hydrogens (tertiary/aromatic N) is 2. The molecule has 1 heterocycles. The number of amides is 1. The van der Waals surface area contributed by atoms with Crippen molar-refractivity contribution in [3.05, 3.63) is 0 Å². The molecule has 0 spiro atoms. The first kappa shape index (κ1) is 15.4. The van der Waals surface area contributed by atoms with Crippen molar-refractivity contribution < 1.29 is 4.79 Å². The minimum absolute atomic E-state index is 0.290. The van der Waals surface area contributed by atoms with Crippen LogP contribution in [0.1, 0.15) is 33.1 Å². The molecule has 0 bridgehead atoms. The highest BCUT2D eigenvalue weighted by atomic mass is 16.2. The minimum atomic E-state index is 0.290. The summed E-state index contributed by atoms with van der Waals surface area (Å²) in [6.07, 6.45) is 3.57. The lowest BCUT2D eigenvalue weighted by Gasteiger charge is -2.33. The molecule has 1 aliphatic heterocycles. The Morgan fingerprint density at radius 1 is 1.39 bits per heavy atom. The van der Waals surface area contributed by atoms with E-state index in [0.29, 0.717) is 18.5 Å². The zero-order valence-corrected chi connectivity index (χ0v) is 12.4. The van der Waals surface area contributed by atoms with Crippen molar-refractivity contribution in [2.45, 2.75) is 39.2 Å². The predicted molar refractivity (Wildman–Crippen MR) is 75.6 cm³/mol. The number of nitrogens with one attached hydrogen (secondary N) is 1. The Kier molecular flexibility index (Phi) is 6.65. The van der Waals surface area contributed by atoms with Crippen LogP contribution in [0.15, 0.2) is 0 Å². The maximum absolute atomic E-state index is 12.1. The van der Waals surface area contributed by atoms with Crippen LogP contribution in [-0.2, 0) is 4.79 Å². The Hall–Kier alpha value is -0.610. The van der Waals surface area contributed by atoms with Gasteiger partial charge in [0.2, 0.25) is 5.91 Å². The van der Waals surface area contributed by atoms with Gasteiger partial charge >= 0.3 is 0 Å². The van der Waals surface area contributed by atoms with E-state index in [4.69, 9.17) is 0 Å². The molecule has 0 aliphatic carbocycles. The Labute approximate surface area is 112 Å². The van der Waals surface area contributed by atoms with Gasteiger partial charge in [-0.2, -0.15) is 0 Å². The summed E-state index contributed by atoms with van der Waals surface area (Å²) in [5.41, 5.74) is 0. The predicted octanol–water partition coefficient (Wildman–Crippen LogP) is 1.17. The smallest absolute Gasteiger partial charge is 0.236 e. The van der Waals surface area contributed by atoms with Gasteiger partial charge in [0.15, 0.2) is 0 Å². The van der Waals surface area contributed by atoms with Crippen LogP contribution in [-0.4, -0.2) is 62.0 Å². The van der Waals surface area contributed by atoms with Crippen LogP contribution in [0.25, 0.3) is 0 Å². The SMILES string of the molecule is CNCCC1CCN(C(=O)CN(C)C(C)C)CC1. The number of likely N-dealkylation sites (N-methyl/N-ethyl adjacent to an activating group) is 1. The molecule has 0 aromatic rings. The molecular formula is C14H29N3O. The number of rotatable bonds is 6. The fourth-order valence-electron chi connectivity index (χ4n) is 2.32. The summed E-state index contributed by atoms with van der Waals surface area (Å²) in [5, 5.41) is 3.20. The molecule has 4 nitrogen and oxygen atoms in total. The van der Waals surface area contributed by atoms with Gasteiger partial charge in [0.1, 0.15) is 0 Å². The van der Waals surface area contributed by atoms with Gasteiger partial charge in [-0.05, 0) is 59.7 Å². The van der Waals surface area contributed by atoms with E-state index in [1.165, 1.54) is 19.3 Å². The third-order valence-corrected chi connectivity index (χ3v) is 4.04. The van der Waals surface area contributed by atoms with Gasteiger partial charge in [0.25, 0.3) is 0 Å². The normalized spacial score (nSPS) is 17.8. The second-order valence-electron chi connectivity index (χ2n) is 5.73. The number of likely N-dealkylation sites (tertiary alicyclic amines) is 1. The van der Waals surface area contributed by atoms with E-state index in [0.717, 1.165) is 25.6 Å². The van der Waals surface area contributed by atoms with E-state index in [2.05, 4.69) is 24.1 Å². The first-order valence-electron chi connectivity index (χ1n) is 7.17. The highest BCUT2D eigenvalue weighted by molar-refractivity contribution is 5.78. The van der Waals surface area contributed by atoms with Crippen LogP contribution in [0.2, 0.25) is 0 Å². The third kappa shape index (κ3) is 4.94. The molecule has 0 saturated carbocycles. The molecule has 1 amide bonds. The Morgan fingerprint density at radius 2 is 2.00 bits per heavy atom. The highest BCUT2D eigenvalue weighted by Gasteiger charge is 2.23. The van der Waals surface area contributed by atoms with Gasteiger partial charge in [-0.25, -0.2) is 0 Å². The fourth-order valence-corrected chi connectivity index (χ4v) is 2.32. The van der Waals surface area contributed by atoms with E-state index in [9.17, 15) is 4.79 Å². The zero-order chi connectivity index (χ0) is 13.5. The van der Waals surface area contributed by atoms with Crippen molar-refractivity contribution in [1.29, 1.82) is 0 Å². The number of hydrogen-bond donors (Lipinski definition) is 1. The fraction of sp³-hybridized carbons (Fsp3) is 0.929. The van der Waals surface area contributed by atoms with Gasteiger partial charge in [-0.15, -0.1) is 0 Å². The number of hydrogen-bond acceptors (Lipinski definition) is 3. The minimum Gasteiger partial charge on any atom is -0.342 e. The quantitative estimate of drug-likeness (QED) is 0.774. The van der Waals surface area contributed by atoms with E-state index in [1.54, 1.807) is 0 Å². The molecule has 1 N–H and O–H groups in total. The summed E-state index contributed by atoms with van der Waals surface area (Å²) in [6.45, 7) is 7.78. The summed E-state index contributed by atoms with van der Waals surface area (Å²) >= 11 is 0.